The second-order valence-electron chi connectivity index (χ2n) is 6.37. The summed E-state index contributed by atoms with van der Waals surface area (Å²) < 4.78 is 10.4. The summed E-state index contributed by atoms with van der Waals surface area (Å²) in [4.78, 5) is 28.3. The van der Waals surface area contributed by atoms with Gasteiger partial charge in [0.05, 0.1) is 12.8 Å². The third-order valence-electron chi connectivity index (χ3n) is 4.11. The van der Waals surface area contributed by atoms with Crippen molar-refractivity contribution in [3.05, 3.63) is 63.3 Å². The van der Waals surface area contributed by atoms with E-state index < -0.39 is 11.9 Å². The van der Waals surface area contributed by atoms with Gasteiger partial charge in [0.1, 0.15) is 16.4 Å². The number of methoxy groups -OCH3 is 1. The Kier molecular flexibility index (Phi) is 7.21. The molecule has 2 N–H and O–H groups in total. The first-order chi connectivity index (χ1) is 14.8. The van der Waals surface area contributed by atoms with E-state index in [1.54, 1.807) is 19.1 Å². The third-order valence-corrected chi connectivity index (χ3v) is 5.77. The molecule has 7 nitrogen and oxygen atoms in total. The van der Waals surface area contributed by atoms with Crippen molar-refractivity contribution in [2.45, 2.75) is 13.8 Å². The van der Waals surface area contributed by atoms with Crippen LogP contribution in [0.25, 0.3) is 17.4 Å². The summed E-state index contributed by atoms with van der Waals surface area (Å²) in [5.74, 6) is 0.209. The number of hydrogen-bond acceptors (Lipinski definition) is 7. The predicted octanol–water partition coefficient (Wildman–Crippen LogP) is 4.99. The van der Waals surface area contributed by atoms with Crippen LogP contribution in [0.4, 0.5) is 5.13 Å². The minimum atomic E-state index is -0.480. The van der Waals surface area contributed by atoms with Crippen LogP contribution in [0.3, 0.4) is 0 Å². The number of ether oxygens (including phenoxy) is 1. The molecule has 0 aliphatic heterocycles. The maximum absolute atomic E-state index is 12.1. The minimum Gasteiger partial charge on any atom is -0.465 e. The molecule has 0 fully saturated rings. The smallest absolute Gasteiger partial charge is 0.350 e. The van der Waals surface area contributed by atoms with E-state index in [1.165, 1.54) is 19.3 Å². The number of halogens is 1. The zero-order valence-electron chi connectivity index (χ0n) is 16.8. The van der Waals surface area contributed by atoms with Gasteiger partial charge in [-0.1, -0.05) is 35.1 Å². The summed E-state index contributed by atoms with van der Waals surface area (Å²) in [6.07, 6.45) is 2.83. The van der Waals surface area contributed by atoms with Gasteiger partial charge in [-0.15, -0.1) is 0 Å². The summed E-state index contributed by atoms with van der Waals surface area (Å²) in [7, 11) is 1.30. The molecule has 0 radical (unpaired) electrons. The molecule has 0 atom stereocenters. The molecule has 0 bridgehead atoms. The molecular weight excluding hydrogens is 458 g/mol. The second-order valence-corrected chi connectivity index (χ2v) is 8.18. The third kappa shape index (κ3) is 5.78. The second kappa shape index (κ2) is 9.86. The minimum absolute atomic E-state index is 0.0502. The van der Waals surface area contributed by atoms with Gasteiger partial charge >= 0.3 is 5.97 Å². The first-order valence-electron chi connectivity index (χ1n) is 8.99. The van der Waals surface area contributed by atoms with Crippen LogP contribution in [0, 0.1) is 13.8 Å². The lowest BCUT2D eigenvalue weighted by Crippen LogP contribution is -2.32. The fourth-order valence-corrected chi connectivity index (χ4v) is 3.85. The van der Waals surface area contributed by atoms with Crippen LogP contribution in [0.5, 0.6) is 0 Å². The van der Waals surface area contributed by atoms with Gasteiger partial charge < -0.3 is 14.5 Å². The summed E-state index contributed by atoms with van der Waals surface area (Å²) in [6, 6.07) is 9.20. The average molecular weight is 476 g/mol. The van der Waals surface area contributed by atoms with Gasteiger partial charge in [0.15, 0.2) is 10.2 Å². The van der Waals surface area contributed by atoms with Gasteiger partial charge in [-0.2, -0.15) is 0 Å². The number of furan rings is 1. The molecule has 0 unspecified atom stereocenters. The van der Waals surface area contributed by atoms with Crippen molar-refractivity contribution in [2.24, 2.45) is 0 Å². The Bertz CT molecular complexity index is 1180. The number of benzene rings is 1. The van der Waals surface area contributed by atoms with E-state index >= 15 is 0 Å². The molecular formula is C21H18ClN3O4S2. The Morgan fingerprint density at radius 1 is 1.26 bits per heavy atom. The van der Waals surface area contributed by atoms with Crippen LogP contribution in [0.15, 0.2) is 40.8 Å². The van der Waals surface area contributed by atoms with Crippen molar-refractivity contribution in [1.82, 2.24) is 10.3 Å². The van der Waals surface area contributed by atoms with Gasteiger partial charge in [0.2, 0.25) is 5.91 Å². The Balaban J connectivity index is 1.58. The highest BCUT2D eigenvalue weighted by atomic mass is 35.5. The number of thiocarbonyl (C=S) groups is 1. The fourth-order valence-electron chi connectivity index (χ4n) is 2.52. The SMILES string of the molecule is COC(=O)c1sc(NC(=S)NC(=O)/C=C/c2ccc(-c3ccc(C)c(Cl)c3)o2)nc1C. The van der Waals surface area contributed by atoms with E-state index in [1.807, 2.05) is 25.1 Å². The van der Waals surface area contributed by atoms with Crippen molar-refractivity contribution in [3.8, 4) is 11.3 Å². The van der Waals surface area contributed by atoms with Gasteiger partial charge in [-0.05, 0) is 55.9 Å². The highest BCUT2D eigenvalue weighted by Crippen LogP contribution is 2.27. The lowest BCUT2D eigenvalue weighted by atomic mass is 10.1. The predicted molar refractivity (Wildman–Crippen MR) is 125 cm³/mol. The maximum Gasteiger partial charge on any atom is 0.350 e. The number of carbonyl (C=O) groups is 2. The topological polar surface area (TPSA) is 93.5 Å². The number of rotatable bonds is 5. The van der Waals surface area contributed by atoms with Crippen LogP contribution >= 0.6 is 35.2 Å². The Morgan fingerprint density at radius 3 is 2.74 bits per heavy atom. The fraction of sp³-hybridized carbons (Fsp3) is 0.143. The van der Waals surface area contributed by atoms with Crippen molar-refractivity contribution in [3.63, 3.8) is 0 Å². The number of anilines is 1. The Morgan fingerprint density at radius 2 is 2.03 bits per heavy atom. The first-order valence-corrected chi connectivity index (χ1v) is 10.6. The van der Waals surface area contributed by atoms with E-state index in [-0.39, 0.29) is 5.11 Å². The van der Waals surface area contributed by atoms with E-state index in [2.05, 4.69) is 15.6 Å². The van der Waals surface area contributed by atoms with Gasteiger partial charge in [-0.3, -0.25) is 10.1 Å². The van der Waals surface area contributed by atoms with E-state index in [4.69, 9.17) is 33.0 Å². The van der Waals surface area contributed by atoms with Gasteiger partial charge in [0.25, 0.3) is 0 Å². The van der Waals surface area contributed by atoms with Crippen LogP contribution in [-0.2, 0) is 9.53 Å². The summed E-state index contributed by atoms with van der Waals surface area (Å²) in [5, 5.41) is 6.36. The lowest BCUT2D eigenvalue weighted by Gasteiger charge is -2.04. The van der Waals surface area contributed by atoms with E-state index in [0.717, 1.165) is 22.5 Å². The lowest BCUT2D eigenvalue weighted by molar-refractivity contribution is -0.115. The maximum atomic E-state index is 12.1. The number of nitrogens with zero attached hydrogens (tertiary/aromatic N) is 1. The number of esters is 1. The molecule has 3 aromatic rings. The molecule has 10 heteroatoms. The summed E-state index contributed by atoms with van der Waals surface area (Å²) in [6.45, 7) is 3.61. The molecule has 3 rings (SSSR count). The normalized spacial score (nSPS) is 10.8. The molecule has 31 heavy (non-hydrogen) atoms. The zero-order valence-corrected chi connectivity index (χ0v) is 19.2. The first kappa shape index (κ1) is 22.7. The van der Waals surface area contributed by atoms with Crippen molar-refractivity contribution in [1.29, 1.82) is 0 Å². The molecule has 0 saturated carbocycles. The monoisotopic (exact) mass is 475 g/mol. The number of carbonyl (C=O) groups excluding carboxylic acids is 2. The quantitative estimate of drug-likeness (QED) is 0.305. The molecule has 1 aromatic carbocycles. The highest BCUT2D eigenvalue weighted by molar-refractivity contribution is 7.80. The molecule has 2 aromatic heterocycles. The Labute approximate surface area is 193 Å². The van der Waals surface area contributed by atoms with Crippen LogP contribution < -0.4 is 10.6 Å². The van der Waals surface area contributed by atoms with E-state index in [0.29, 0.717) is 32.2 Å². The number of amides is 1. The largest absolute Gasteiger partial charge is 0.465 e. The zero-order chi connectivity index (χ0) is 22.5. The number of nitrogens with one attached hydrogen (secondary N) is 2. The number of hydrogen-bond donors (Lipinski definition) is 2. The molecule has 2 heterocycles. The molecule has 1 amide bonds. The molecule has 0 aliphatic carbocycles. The van der Waals surface area contributed by atoms with Gasteiger partial charge in [-0.25, -0.2) is 9.78 Å². The molecule has 0 aliphatic rings. The standard InChI is InChI=1S/C21H18ClN3O4S2/c1-11-4-5-13(10-15(11)22)16-8-6-14(29-16)7-9-17(26)24-20(30)25-21-23-12(2)18(31-21)19(27)28-3/h4-10H,1-3H3,(H2,23,24,25,26,30)/b9-7+. The molecule has 0 saturated heterocycles. The van der Waals surface area contributed by atoms with Crippen molar-refractivity contribution >= 4 is 63.4 Å². The highest BCUT2D eigenvalue weighted by Gasteiger charge is 2.16. The number of aromatic nitrogens is 1. The van der Waals surface area contributed by atoms with Crippen molar-refractivity contribution in [2.75, 3.05) is 12.4 Å². The molecule has 0 spiro atoms. The van der Waals surface area contributed by atoms with Gasteiger partial charge in [0, 0.05) is 16.7 Å². The number of aryl methyl sites for hydroxylation is 2. The molecule has 160 valence electrons. The number of thiazole rings is 1. The Hall–Kier alpha value is -3.01. The van der Waals surface area contributed by atoms with Crippen LogP contribution in [0.1, 0.15) is 26.7 Å². The van der Waals surface area contributed by atoms with Crippen LogP contribution in [-0.4, -0.2) is 29.1 Å². The summed E-state index contributed by atoms with van der Waals surface area (Å²) >= 11 is 12.4. The average Bonchev–Trinajstić information content (AvgIpc) is 3.34. The van der Waals surface area contributed by atoms with Crippen LogP contribution in [0.2, 0.25) is 5.02 Å². The van der Waals surface area contributed by atoms with Crippen molar-refractivity contribution < 1.29 is 18.7 Å². The summed E-state index contributed by atoms with van der Waals surface area (Å²) in [5.41, 5.74) is 2.33. The van der Waals surface area contributed by atoms with E-state index in [9.17, 15) is 9.59 Å².